The lowest BCUT2D eigenvalue weighted by atomic mass is 10.1. The number of rotatable bonds is 22. The van der Waals surface area contributed by atoms with Crippen molar-refractivity contribution in [2.24, 2.45) is 10.7 Å². The second-order valence-corrected chi connectivity index (χ2v) is 22.6. The largest absolute Gasteiger partial charge is 0.490 e. The molecule has 4 aromatic rings. The van der Waals surface area contributed by atoms with Gasteiger partial charge in [0, 0.05) is 20.4 Å². The minimum atomic E-state index is -6.26. The molecule has 0 saturated carbocycles. The predicted octanol–water partition coefficient (Wildman–Crippen LogP) is -5.66. The molecular formula is C33H49N15O25P4. The number of aliphatic imine (C=N–C) groups is 1. The number of aliphatic hydroxyl groups excluding tert-OH is 5. The lowest BCUT2D eigenvalue weighted by molar-refractivity contribution is -0.0704. The Morgan fingerprint density at radius 2 is 1.21 bits per heavy atom. The van der Waals surface area contributed by atoms with E-state index in [0.29, 0.717) is 0 Å². The highest BCUT2D eigenvalue weighted by Gasteiger charge is 2.53. The Labute approximate surface area is 428 Å². The number of imidazole rings is 2. The van der Waals surface area contributed by atoms with Crippen molar-refractivity contribution in [3.63, 3.8) is 0 Å². The van der Waals surface area contributed by atoms with Gasteiger partial charge in [0.25, 0.3) is 11.1 Å². The van der Waals surface area contributed by atoms with Gasteiger partial charge in [-0.15, -0.1) is 0 Å². The van der Waals surface area contributed by atoms with Crippen molar-refractivity contribution >= 4 is 71.5 Å². The smallest absolute Gasteiger partial charge is 0.387 e. The molecule has 19 N–H and O–H groups in total. The number of guanidine groups is 1. The summed E-state index contributed by atoms with van der Waals surface area (Å²) < 4.78 is 105. The first-order chi connectivity index (χ1) is 36.1. The van der Waals surface area contributed by atoms with Crippen LogP contribution in [0.25, 0.3) is 22.3 Å². The lowest BCUT2D eigenvalue weighted by Gasteiger charge is -2.35. The number of ether oxygens (including phenoxy) is 4. The first-order valence-electron chi connectivity index (χ1n) is 21.7. The number of H-pyrrole nitrogens is 2. The molecule has 0 bridgehead atoms. The molecule has 0 spiro atoms. The number of aromatic nitrogens is 8. The van der Waals surface area contributed by atoms with Crippen molar-refractivity contribution in [2.75, 3.05) is 45.4 Å². The molecule has 0 aliphatic carbocycles. The number of likely N-dealkylation sites (N-methyl/N-ethyl adjacent to an activating group) is 1. The fraction of sp³-hybridized carbons (Fsp3) is 0.545. The number of hydrogen-bond acceptors (Lipinski definition) is 32. The van der Waals surface area contributed by atoms with Gasteiger partial charge in [-0.25, -0.2) is 33.2 Å². The van der Waals surface area contributed by atoms with E-state index in [1.165, 1.54) is 14.2 Å². The summed E-state index contributed by atoms with van der Waals surface area (Å²) in [7, 11) is -20.9. The van der Waals surface area contributed by atoms with E-state index < -0.39 is 148 Å². The van der Waals surface area contributed by atoms with Crippen molar-refractivity contribution in [3.05, 3.63) is 57.7 Å². The maximum absolute atomic E-state index is 13.5. The van der Waals surface area contributed by atoms with Crippen molar-refractivity contribution < 1.29 is 109 Å². The molecule has 17 atom stereocenters. The van der Waals surface area contributed by atoms with Crippen LogP contribution in [0.2, 0.25) is 0 Å². The summed E-state index contributed by atoms with van der Waals surface area (Å²) >= 11 is 0. The third-order valence-electron chi connectivity index (χ3n) is 11.5. The summed E-state index contributed by atoms with van der Waals surface area (Å²) in [4.78, 5) is 92.2. The minimum Gasteiger partial charge on any atom is -0.387 e. The molecule has 0 radical (unpaired) electrons. The van der Waals surface area contributed by atoms with Crippen LogP contribution in [0, 0.1) is 0 Å². The maximum atomic E-state index is 13.5. The van der Waals surface area contributed by atoms with E-state index in [1.807, 2.05) is 0 Å². The highest BCUT2D eigenvalue weighted by atomic mass is 31.3. The standard InChI is InChI=1S/C33H49N15O25P4/c1-4-46(24-15(37-2)27(64-3)45-33(36)42-24)28-18(51)16(49)11(68-28)6-66-75(58,59)72-77(62,63)73-76(60,61)67-7-12-21(20(53)30(70-12)48-9-39-14-23(48)41-32(35)44-26(14)55)71-74(56,57)65-5-10-17(50)19(52)29(69-10)47-8-38-13-22(47)40-31(34)43-25(13)54/h4,8-12,16-21,27-30,37,49-53H,1,5-7H2,2-3H3,(H,56,57)(H,58,59)(H,60,61)(H,62,63)(H3,36,42,45)(H3,34,40,43,54)(H3,35,41,44,55). The molecule has 77 heavy (non-hydrogen) atoms. The van der Waals surface area contributed by atoms with Gasteiger partial charge in [-0.1, -0.05) is 6.58 Å². The van der Waals surface area contributed by atoms with E-state index in [0.717, 1.165) is 32.9 Å². The van der Waals surface area contributed by atoms with Gasteiger partial charge < -0.3 is 96.8 Å². The molecule has 8 rings (SSSR count). The van der Waals surface area contributed by atoms with Gasteiger partial charge in [0.2, 0.25) is 11.9 Å². The molecule has 4 aliphatic heterocycles. The number of anilines is 2. The fourth-order valence-corrected chi connectivity index (χ4v) is 12.6. The average Bonchev–Trinajstić information content (AvgIpc) is 4.19. The zero-order valence-electron chi connectivity index (χ0n) is 39.2. The fourth-order valence-electron chi connectivity index (χ4n) is 8.14. The number of phosphoric ester groups is 3. The summed E-state index contributed by atoms with van der Waals surface area (Å²) in [6, 6.07) is 0. The zero-order valence-corrected chi connectivity index (χ0v) is 42.8. The third kappa shape index (κ3) is 12.2. The first kappa shape index (κ1) is 58.0. The van der Waals surface area contributed by atoms with E-state index in [-0.39, 0.29) is 45.8 Å². The minimum absolute atomic E-state index is 0.0790. The Morgan fingerprint density at radius 1 is 0.727 bits per heavy atom. The SMILES string of the molecule is C=CN(C1=C(NC)C(OC)N=C(N)N1)C1OC(COP(=O)(O)OP(=O)(O)OP(=O)(O)OCC2OC(n3cnc4c(=O)[nH]c(N)nc43)C(O)C2OP(=O)(O)OCC2OC(n3cnc4c(=O)[nH]c(N)nc43)C(O)C2O)C(O)C1O. The second kappa shape index (κ2) is 22.2. The van der Waals surface area contributed by atoms with E-state index in [1.54, 1.807) is 0 Å². The summed E-state index contributed by atoms with van der Waals surface area (Å²) in [5.74, 6) is -0.849. The van der Waals surface area contributed by atoms with Crippen LogP contribution in [0.3, 0.4) is 0 Å². The molecule has 40 nitrogen and oxygen atoms in total. The van der Waals surface area contributed by atoms with Crippen LogP contribution in [-0.4, -0.2) is 196 Å². The highest BCUT2D eigenvalue weighted by Crippen LogP contribution is 2.68. The molecule has 0 amide bonds. The van der Waals surface area contributed by atoms with Gasteiger partial charge in [0.1, 0.15) is 66.5 Å². The van der Waals surface area contributed by atoms with E-state index in [9.17, 15) is 73.0 Å². The third-order valence-corrected chi connectivity index (χ3v) is 16.8. The Hall–Kier alpha value is -5.19. The van der Waals surface area contributed by atoms with Gasteiger partial charge in [0.15, 0.2) is 53.2 Å². The molecule has 4 aromatic heterocycles. The monoisotopic (exact) mass is 1180 g/mol. The van der Waals surface area contributed by atoms with Crippen LogP contribution in [-0.2, 0) is 63.9 Å². The Morgan fingerprint density at radius 3 is 1.73 bits per heavy atom. The number of nitrogens with one attached hydrogen (secondary N) is 4. The number of aromatic amines is 2. The van der Waals surface area contributed by atoms with E-state index in [2.05, 4.69) is 60.7 Å². The maximum Gasteiger partial charge on any atom is 0.490 e. The number of aliphatic hydroxyl groups is 5. The highest BCUT2D eigenvalue weighted by molar-refractivity contribution is 7.66. The van der Waals surface area contributed by atoms with E-state index in [4.69, 9.17) is 54.2 Å². The second-order valence-electron chi connectivity index (χ2n) is 16.5. The van der Waals surface area contributed by atoms with Crippen molar-refractivity contribution in [2.45, 2.75) is 79.8 Å². The van der Waals surface area contributed by atoms with Crippen LogP contribution in [0.5, 0.6) is 0 Å². The number of nitrogen functional groups attached to an aromatic ring is 2. The Bertz CT molecular complexity index is 3270. The molecule has 8 heterocycles. The van der Waals surface area contributed by atoms with Crippen LogP contribution in [0.15, 0.2) is 51.5 Å². The summed E-state index contributed by atoms with van der Waals surface area (Å²) in [5.41, 5.74) is 14.7. The molecule has 426 valence electrons. The summed E-state index contributed by atoms with van der Waals surface area (Å²) in [6.07, 6.45) is -20.0. The van der Waals surface area contributed by atoms with Crippen LogP contribution in [0.1, 0.15) is 12.5 Å². The van der Waals surface area contributed by atoms with Crippen molar-refractivity contribution in [1.82, 2.24) is 54.6 Å². The number of nitrogens with zero attached hydrogens (tertiary/aromatic N) is 8. The molecule has 44 heteroatoms. The van der Waals surface area contributed by atoms with Gasteiger partial charge in [-0.2, -0.15) is 18.6 Å². The van der Waals surface area contributed by atoms with Crippen LogP contribution >= 0.6 is 31.3 Å². The number of nitrogens with two attached hydrogens (primary N) is 3. The normalized spacial score (nSPS) is 31.8. The first-order valence-corrected chi connectivity index (χ1v) is 27.7. The Kier molecular flexibility index (Phi) is 16.7. The number of phosphoric acid groups is 4. The zero-order chi connectivity index (χ0) is 56.3. The van der Waals surface area contributed by atoms with Gasteiger partial charge in [-0.05, 0) is 0 Å². The number of methoxy groups -OCH3 is 1. The summed E-state index contributed by atoms with van der Waals surface area (Å²) in [6.45, 7) is 0.0297. The molecule has 3 saturated heterocycles. The van der Waals surface area contributed by atoms with Crippen molar-refractivity contribution in [1.29, 1.82) is 0 Å². The molecule has 0 aromatic carbocycles. The molecular weight excluding hydrogens is 1130 g/mol. The van der Waals surface area contributed by atoms with E-state index >= 15 is 0 Å². The average molecular weight is 1180 g/mol. The molecule has 4 aliphatic rings. The predicted molar refractivity (Wildman–Crippen MR) is 250 cm³/mol. The Balaban J connectivity index is 0.923. The quantitative estimate of drug-likeness (QED) is 0.0326. The van der Waals surface area contributed by atoms with Gasteiger partial charge in [0.05, 0.1) is 32.5 Å². The lowest BCUT2D eigenvalue weighted by Crippen LogP contribution is -2.51. The molecule has 3 fully saturated rings. The summed E-state index contributed by atoms with van der Waals surface area (Å²) in [5, 5.41) is 60.4. The number of fused-ring (bicyclic) bond motifs is 2. The molecule has 17 unspecified atom stereocenters. The van der Waals surface area contributed by atoms with Crippen molar-refractivity contribution in [3.8, 4) is 0 Å². The topological polar surface area (TPSA) is 588 Å². The van der Waals surface area contributed by atoms with Crippen LogP contribution < -0.4 is 39.0 Å². The number of hydrogen-bond donors (Lipinski definition) is 16. The van der Waals surface area contributed by atoms with Crippen LogP contribution in [0.4, 0.5) is 11.9 Å². The van der Waals surface area contributed by atoms with Gasteiger partial charge >= 0.3 is 31.3 Å². The van der Waals surface area contributed by atoms with Gasteiger partial charge in [-0.3, -0.25) is 46.8 Å².